The molecule has 1 aliphatic rings. The number of nitrogens with zero attached hydrogens (tertiary/aromatic N) is 1. The molecule has 0 bridgehead atoms. The van der Waals surface area contributed by atoms with Gasteiger partial charge in [-0.2, -0.15) is 5.26 Å². The molecule has 0 saturated heterocycles. The Kier molecular flexibility index (Phi) is 4.27. The van der Waals surface area contributed by atoms with Gasteiger partial charge < -0.3 is 14.8 Å². The molecule has 112 valence electrons. The Morgan fingerprint density at radius 1 is 1.14 bits per heavy atom. The molecule has 1 N–H and O–H groups in total. The highest BCUT2D eigenvalue weighted by Gasteiger charge is 2.14. The third-order valence-electron chi connectivity index (χ3n) is 3.73. The van der Waals surface area contributed by atoms with Gasteiger partial charge in [0.15, 0.2) is 11.5 Å². The third-order valence-corrected chi connectivity index (χ3v) is 3.73. The Morgan fingerprint density at radius 3 is 2.77 bits per heavy atom. The summed E-state index contributed by atoms with van der Waals surface area (Å²) in [6.07, 6.45) is 0. The molecule has 0 saturated carbocycles. The summed E-state index contributed by atoms with van der Waals surface area (Å²) in [6.45, 7) is 4.03. The van der Waals surface area contributed by atoms with Crippen LogP contribution in [0.1, 0.15) is 29.7 Å². The van der Waals surface area contributed by atoms with E-state index in [9.17, 15) is 0 Å². The highest BCUT2D eigenvalue weighted by atomic mass is 16.6. The van der Waals surface area contributed by atoms with Crippen LogP contribution in [0.3, 0.4) is 0 Å². The summed E-state index contributed by atoms with van der Waals surface area (Å²) in [7, 11) is 0. The van der Waals surface area contributed by atoms with Gasteiger partial charge in [-0.15, -0.1) is 0 Å². The second-order valence-electron chi connectivity index (χ2n) is 5.32. The van der Waals surface area contributed by atoms with Crippen LogP contribution in [0.25, 0.3) is 0 Å². The summed E-state index contributed by atoms with van der Waals surface area (Å²) in [6, 6.07) is 16.0. The minimum absolute atomic E-state index is 0.182. The second-order valence-corrected chi connectivity index (χ2v) is 5.32. The van der Waals surface area contributed by atoms with Crippen LogP contribution in [0, 0.1) is 11.3 Å². The molecule has 0 spiro atoms. The molecule has 1 heterocycles. The fourth-order valence-electron chi connectivity index (χ4n) is 2.47. The molecule has 2 aromatic carbocycles. The van der Waals surface area contributed by atoms with Crippen LogP contribution in [0.5, 0.6) is 11.5 Å². The zero-order valence-electron chi connectivity index (χ0n) is 12.5. The normalized spacial score (nSPS) is 14.2. The third kappa shape index (κ3) is 3.21. The van der Waals surface area contributed by atoms with E-state index in [4.69, 9.17) is 14.7 Å². The summed E-state index contributed by atoms with van der Waals surface area (Å²) in [5.41, 5.74) is 2.94. The molecule has 0 aliphatic carbocycles. The first-order chi connectivity index (χ1) is 10.8. The molecule has 1 atom stereocenters. The summed E-state index contributed by atoms with van der Waals surface area (Å²) < 4.78 is 11.2. The highest BCUT2D eigenvalue weighted by molar-refractivity contribution is 5.44. The van der Waals surface area contributed by atoms with E-state index in [1.807, 2.05) is 36.4 Å². The van der Waals surface area contributed by atoms with Crippen LogP contribution < -0.4 is 14.8 Å². The van der Waals surface area contributed by atoms with Crippen molar-refractivity contribution in [3.05, 3.63) is 59.2 Å². The van der Waals surface area contributed by atoms with Crippen LogP contribution in [0.15, 0.2) is 42.5 Å². The van der Waals surface area contributed by atoms with E-state index in [2.05, 4.69) is 24.4 Å². The number of fused-ring (bicyclic) bond motifs is 1. The summed E-state index contributed by atoms with van der Waals surface area (Å²) >= 11 is 0. The predicted molar refractivity (Wildman–Crippen MR) is 83.8 cm³/mol. The molecule has 0 radical (unpaired) electrons. The molecule has 3 rings (SSSR count). The van der Waals surface area contributed by atoms with Crippen molar-refractivity contribution in [2.24, 2.45) is 0 Å². The van der Waals surface area contributed by atoms with Gasteiger partial charge >= 0.3 is 0 Å². The van der Waals surface area contributed by atoms with Crippen LogP contribution in [-0.4, -0.2) is 13.2 Å². The minimum Gasteiger partial charge on any atom is -0.486 e. The smallest absolute Gasteiger partial charge is 0.161 e. The topological polar surface area (TPSA) is 54.3 Å². The lowest BCUT2D eigenvalue weighted by molar-refractivity contribution is 0.171. The molecule has 0 fully saturated rings. The number of rotatable bonds is 4. The number of nitriles is 1. The fraction of sp³-hybridized carbons (Fsp3) is 0.278. The van der Waals surface area contributed by atoms with Crippen molar-refractivity contribution in [3.8, 4) is 17.6 Å². The number of ether oxygens (including phenoxy) is 2. The minimum atomic E-state index is 0.182. The number of hydrogen-bond donors (Lipinski definition) is 1. The SMILES string of the molecule is C[C@H](NCc1cccc(C#N)c1)c1ccc2c(c1)OCCO2. The maximum atomic E-state index is 8.93. The molecule has 2 aromatic rings. The van der Waals surface area contributed by atoms with Crippen molar-refractivity contribution in [1.29, 1.82) is 5.26 Å². The Bertz CT molecular complexity index is 706. The van der Waals surface area contributed by atoms with Gasteiger partial charge in [0.05, 0.1) is 11.6 Å². The largest absolute Gasteiger partial charge is 0.486 e. The Hall–Kier alpha value is -2.51. The predicted octanol–water partition coefficient (Wildman–Crippen LogP) is 3.18. The molecule has 0 unspecified atom stereocenters. The average molecular weight is 294 g/mol. The monoisotopic (exact) mass is 294 g/mol. The average Bonchev–Trinajstić information content (AvgIpc) is 2.59. The van der Waals surface area contributed by atoms with Crippen molar-refractivity contribution in [2.45, 2.75) is 19.5 Å². The van der Waals surface area contributed by atoms with Crippen molar-refractivity contribution >= 4 is 0 Å². The number of benzene rings is 2. The van der Waals surface area contributed by atoms with E-state index in [1.54, 1.807) is 0 Å². The van der Waals surface area contributed by atoms with E-state index < -0.39 is 0 Å². The molecule has 4 nitrogen and oxygen atoms in total. The standard InChI is InChI=1S/C18H18N2O2/c1-13(20-12-15-4-2-3-14(9-15)11-19)16-5-6-17-18(10-16)22-8-7-21-17/h2-6,9-10,13,20H,7-8,12H2,1H3/t13-/m0/s1. The molecule has 1 aliphatic heterocycles. The molecule has 4 heteroatoms. The van der Waals surface area contributed by atoms with E-state index in [0.717, 1.165) is 22.6 Å². The summed E-state index contributed by atoms with van der Waals surface area (Å²) in [4.78, 5) is 0. The van der Waals surface area contributed by atoms with Crippen LogP contribution in [0.2, 0.25) is 0 Å². The van der Waals surface area contributed by atoms with Gasteiger partial charge in [-0.1, -0.05) is 18.2 Å². The van der Waals surface area contributed by atoms with Gasteiger partial charge in [0.2, 0.25) is 0 Å². The first-order valence-electron chi connectivity index (χ1n) is 7.38. The molecule has 0 aromatic heterocycles. The number of hydrogen-bond acceptors (Lipinski definition) is 4. The zero-order valence-corrected chi connectivity index (χ0v) is 12.5. The van der Waals surface area contributed by atoms with Gasteiger partial charge in [0, 0.05) is 12.6 Å². The van der Waals surface area contributed by atoms with Crippen LogP contribution in [0.4, 0.5) is 0 Å². The van der Waals surface area contributed by atoms with E-state index in [1.165, 1.54) is 0 Å². The summed E-state index contributed by atoms with van der Waals surface area (Å²) in [5.74, 6) is 1.62. The first-order valence-corrected chi connectivity index (χ1v) is 7.38. The van der Waals surface area contributed by atoms with Crippen molar-refractivity contribution in [2.75, 3.05) is 13.2 Å². The lowest BCUT2D eigenvalue weighted by Crippen LogP contribution is -2.19. The maximum Gasteiger partial charge on any atom is 0.161 e. The molecule has 22 heavy (non-hydrogen) atoms. The van der Waals surface area contributed by atoms with E-state index in [0.29, 0.717) is 25.3 Å². The quantitative estimate of drug-likeness (QED) is 0.941. The van der Waals surface area contributed by atoms with Crippen molar-refractivity contribution in [1.82, 2.24) is 5.32 Å². The van der Waals surface area contributed by atoms with E-state index in [-0.39, 0.29) is 6.04 Å². The van der Waals surface area contributed by atoms with Gasteiger partial charge in [-0.25, -0.2) is 0 Å². The van der Waals surface area contributed by atoms with Crippen LogP contribution >= 0.6 is 0 Å². The summed E-state index contributed by atoms with van der Waals surface area (Å²) in [5, 5.41) is 12.4. The lowest BCUT2D eigenvalue weighted by atomic mass is 10.1. The zero-order chi connectivity index (χ0) is 15.4. The Balaban J connectivity index is 1.66. The molecular formula is C18H18N2O2. The second kappa shape index (κ2) is 6.50. The fourth-order valence-corrected chi connectivity index (χ4v) is 2.47. The Morgan fingerprint density at radius 2 is 1.95 bits per heavy atom. The highest BCUT2D eigenvalue weighted by Crippen LogP contribution is 2.32. The maximum absolute atomic E-state index is 8.93. The van der Waals surface area contributed by atoms with Gasteiger partial charge in [0.1, 0.15) is 13.2 Å². The lowest BCUT2D eigenvalue weighted by Gasteiger charge is -2.21. The van der Waals surface area contributed by atoms with Gasteiger partial charge in [-0.3, -0.25) is 0 Å². The first kappa shape index (κ1) is 14.4. The molecular weight excluding hydrogens is 276 g/mol. The van der Waals surface area contributed by atoms with Crippen LogP contribution in [-0.2, 0) is 6.54 Å². The number of nitrogens with one attached hydrogen (secondary N) is 1. The van der Waals surface area contributed by atoms with Crippen molar-refractivity contribution < 1.29 is 9.47 Å². The molecule has 0 amide bonds. The van der Waals surface area contributed by atoms with E-state index >= 15 is 0 Å². The Labute approximate surface area is 130 Å². The van der Waals surface area contributed by atoms with Gasteiger partial charge in [0.25, 0.3) is 0 Å². The van der Waals surface area contributed by atoms with Crippen molar-refractivity contribution in [3.63, 3.8) is 0 Å². The van der Waals surface area contributed by atoms with Gasteiger partial charge in [-0.05, 0) is 42.3 Å².